The lowest BCUT2D eigenvalue weighted by atomic mass is 9.98. The molecule has 0 saturated heterocycles. The van der Waals surface area contributed by atoms with Gasteiger partial charge in [0.05, 0.1) is 22.6 Å². The van der Waals surface area contributed by atoms with E-state index in [-0.39, 0.29) is 17.7 Å². The number of hydrogen-bond donors (Lipinski definition) is 1. The van der Waals surface area contributed by atoms with Crippen LogP contribution in [0.25, 0.3) is 5.69 Å². The third-order valence-electron chi connectivity index (χ3n) is 4.53. The second-order valence-electron chi connectivity index (χ2n) is 7.40. The fourth-order valence-corrected chi connectivity index (χ4v) is 3.09. The van der Waals surface area contributed by atoms with Crippen molar-refractivity contribution >= 4 is 5.91 Å². The number of carbonyl (C=O) groups excluding carboxylic acids is 1. The zero-order valence-corrected chi connectivity index (χ0v) is 15.3. The van der Waals surface area contributed by atoms with Crippen LogP contribution in [0.4, 0.5) is 0 Å². The third-order valence-corrected chi connectivity index (χ3v) is 4.53. The summed E-state index contributed by atoms with van der Waals surface area (Å²) in [6.07, 6.45) is 2.18. The van der Waals surface area contributed by atoms with E-state index < -0.39 is 0 Å². The minimum absolute atomic E-state index is 0.0322. The van der Waals surface area contributed by atoms with Gasteiger partial charge in [-0.2, -0.15) is 5.10 Å². The lowest BCUT2D eigenvalue weighted by Crippen LogP contribution is -2.27. The van der Waals surface area contributed by atoms with Crippen molar-refractivity contribution in [3.8, 4) is 5.69 Å². The number of aromatic nitrogens is 2. The fourth-order valence-electron chi connectivity index (χ4n) is 3.09. The molecule has 0 bridgehead atoms. The Morgan fingerprint density at radius 2 is 1.83 bits per heavy atom. The van der Waals surface area contributed by atoms with Crippen molar-refractivity contribution in [2.45, 2.75) is 65.3 Å². The Balaban J connectivity index is 2.19. The van der Waals surface area contributed by atoms with Crippen molar-refractivity contribution in [2.75, 3.05) is 0 Å². The summed E-state index contributed by atoms with van der Waals surface area (Å²) in [5.74, 6) is 0.446. The Morgan fingerprint density at radius 1 is 1.17 bits per heavy atom. The third kappa shape index (κ3) is 3.10. The van der Waals surface area contributed by atoms with Crippen molar-refractivity contribution in [3.63, 3.8) is 0 Å². The average molecular weight is 325 g/mol. The SMILES string of the molecule is Cc1ccccc1-n1nc(C(C)C)c(C(=O)NC2CC2)c1C(C)C. The molecule has 1 heterocycles. The minimum Gasteiger partial charge on any atom is -0.349 e. The topological polar surface area (TPSA) is 46.9 Å². The Hall–Kier alpha value is -2.10. The summed E-state index contributed by atoms with van der Waals surface area (Å²) in [6.45, 7) is 10.5. The predicted molar refractivity (Wildman–Crippen MR) is 97.0 cm³/mol. The highest BCUT2D eigenvalue weighted by molar-refractivity contribution is 5.97. The van der Waals surface area contributed by atoms with Gasteiger partial charge >= 0.3 is 0 Å². The molecule has 3 rings (SSSR count). The molecule has 2 aromatic rings. The summed E-state index contributed by atoms with van der Waals surface area (Å²) in [6, 6.07) is 8.55. The van der Waals surface area contributed by atoms with E-state index in [2.05, 4.69) is 52.1 Å². The molecule has 24 heavy (non-hydrogen) atoms. The first-order valence-corrected chi connectivity index (χ1v) is 8.89. The van der Waals surface area contributed by atoms with Gasteiger partial charge < -0.3 is 5.32 Å². The van der Waals surface area contributed by atoms with Crippen LogP contribution in [0.15, 0.2) is 24.3 Å². The first kappa shape index (κ1) is 16.7. The minimum atomic E-state index is 0.0322. The highest BCUT2D eigenvalue weighted by atomic mass is 16.1. The molecule has 1 aromatic heterocycles. The van der Waals surface area contributed by atoms with Crippen molar-refractivity contribution in [3.05, 3.63) is 46.8 Å². The van der Waals surface area contributed by atoms with E-state index in [1.807, 2.05) is 16.8 Å². The number of hydrogen-bond acceptors (Lipinski definition) is 2. The van der Waals surface area contributed by atoms with E-state index >= 15 is 0 Å². The van der Waals surface area contributed by atoms with Crippen molar-refractivity contribution in [1.29, 1.82) is 0 Å². The number of carbonyl (C=O) groups is 1. The summed E-state index contributed by atoms with van der Waals surface area (Å²) in [4.78, 5) is 12.9. The number of para-hydroxylation sites is 1. The zero-order chi connectivity index (χ0) is 17.4. The van der Waals surface area contributed by atoms with Gasteiger partial charge in [0.2, 0.25) is 0 Å². The van der Waals surface area contributed by atoms with Crippen molar-refractivity contribution < 1.29 is 4.79 Å². The first-order chi connectivity index (χ1) is 11.4. The molecule has 1 aliphatic rings. The van der Waals surface area contributed by atoms with Gasteiger partial charge in [-0.3, -0.25) is 4.79 Å². The van der Waals surface area contributed by atoms with Crippen molar-refractivity contribution in [2.24, 2.45) is 0 Å². The molecule has 0 atom stereocenters. The molecule has 0 unspecified atom stereocenters. The molecular formula is C20H27N3O. The quantitative estimate of drug-likeness (QED) is 0.890. The second kappa shape index (κ2) is 6.42. The monoisotopic (exact) mass is 325 g/mol. The maximum absolute atomic E-state index is 12.9. The molecular weight excluding hydrogens is 298 g/mol. The number of nitrogens with one attached hydrogen (secondary N) is 1. The molecule has 1 aliphatic carbocycles. The van der Waals surface area contributed by atoms with Crippen LogP contribution in [0.2, 0.25) is 0 Å². The maximum atomic E-state index is 12.9. The Bertz CT molecular complexity index is 754. The summed E-state index contributed by atoms with van der Waals surface area (Å²) in [5.41, 5.74) is 4.88. The largest absolute Gasteiger partial charge is 0.349 e. The van der Waals surface area contributed by atoms with Gasteiger partial charge in [0.25, 0.3) is 5.91 Å². The van der Waals surface area contributed by atoms with Gasteiger partial charge in [-0.05, 0) is 43.2 Å². The molecule has 1 aromatic carbocycles. The van der Waals surface area contributed by atoms with E-state index in [1.165, 1.54) is 0 Å². The maximum Gasteiger partial charge on any atom is 0.255 e. The first-order valence-electron chi connectivity index (χ1n) is 8.89. The smallest absolute Gasteiger partial charge is 0.255 e. The van der Waals surface area contributed by atoms with Gasteiger partial charge in [0.1, 0.15) is 0 Å². The van der Waals surface area contributed by atoms with Crippen LogP contribution in [0.3, 0.4) is 0 Å². The van der Waals surface area contributed by atoms with Crippen molar-refractivity contribution in [1.82, 2.24) is 15.1 Å². The van der Waals surface area contributed by atoms with E-state index in [0.717, 1.165) is 41.0 Å². The lowest BCUT2D eigenvalue weighted by Gasteiger charge is -2.14. The standard InChI is InChI=1S/C20H27N3O/c1-12(2)18-17(20(24)21-15-10-11-15)19(13(3)4)23(22-18)16-9-7-6-8-14(16)5/h6-9,12-13,15H,10-11H2,1-5H3,(H,21,24). The lowest BCUT2D eigenvalue weighted by molar-refractivity contribution is 0.0948. The van der Waals surface area contributed by atoms with Gasteiger partial charge in [-0.25, -0.2) is 4.68 Å². The van der Waals surface area contributed by atoms with E-state index in [0.29, 0.717) is 6.04 Å². The Labute approximate surface area is 144 Å². The predicted octanol–water partition coefficient (Wildman–Crippen LogP) is 4.32. The highest BCUT2D eigenvalue weighted by Gasteiger charge is 2.31. The van der Waals surface area contributed by atoms with Crippen LogP contribution in [-0.4, -0.2) is 21.7 Å². The molecule has 1 saturated carbocycles. The van der Waals surface area contributed by atoms with Crippen LogP contribution < -0.4 is 5.32 Å². The molecule has 1 fully saturated rings. The van der Waals surface area contributed by atoms with Gasteiger partial charge in [0, 0.05) is 6.04 Å². The molecule has 1 N–H and O–H groups in total. The number of benzene rings is 1. The molecule has 1 amide bonds. The zero-order valence-electron chi connectivity index (χ0n) is 15.3. The normalized spacial score (nSPS) is 14.5. The number of amides is 1. The van der Waals surface area contributed by atoms with E-state index in [9.17, 15) is 4.79 Å². The Morgan fingerprint density at radius 3 is 2.38 bits per heavy atom. The molecule has 0 spiro atoms. The molecule has 0 radical (unpaired) electrons. The molecule has 4 heteroatoms. The van der Waals surface area contributed by atoms with Crippen LogP contribution in [0.1, 0.15) is 79.7 Å². The van der Waals surface area contributed by atoms with Crippen LogP contribution >= 0.6 is 0 Å². The summed E-state index contributed by atoms with van der Waals surface area (Å²) in [5, 5.41) is 8.01. The summed E-state index contributed by atoms with van der Waals surface area (Å²) < 4.78 is 1.98. The average Bonchev–Trinajstić information content (AvgIpc) is 3.23. The van der Waals surface area contributed by atoms with Crippen LogP contribution in [-0.2, 0) is 0 Å². The second-order valence-corrected chi connectivity index (χ2v) is 7.40. The van der Waals surface area contributed by atoms with Gasteiger partial charge in [-0.15, -0.1) is 0 Å². The Kier molecular flexibility index (Phi) is 4.48. The van der Waals surface area contributed by atoms with Crippen LogP contribution in [0.5, 0.6) is 0 Å². The highest BCUT2D eigenvalue weighted by Crippen LogP contribution is 2.31. The van der Waals surface area contributed by atoms with Gasteiger partial charge in [0.15, 0.2) is 0 Å². The van der Waals surface area contributed by atoms with E-state index in [4.69, 9.17) is 5.10 Å². The van der Waals surface area contributed by atoms with Crippen LogP contribution in [0, 0.1) is 6.92 Å². The number of aryl methyl sites for hydroxylation is 1. The number of nitrogens with zero attached hydrogens (tertiary/aromatic N) is 2. The summed E-state index contributed by atoms with van der Waals surface area (Å²) >= 11 is 0. The summed E-state index contributed by atoms with van der Waals surface area (Å²) in [7, 11) is 0. The molecule has 128 valence electrons. The fraction of sp³-hybridized carbons (Fsp3) is 0.500. The molecule has 4 nitrogen and oxygen atoms in total. The van der Waals surface area contributed by atoms with Gasteiger partial charge in [-0.1, -0.05) is 45.9 Å². The molecule has 0 aliphatic heterocycles. The van der Waals surface area contributed by atoms with E-state index in [1.54, 1.807) is 0 Å². The number of rotatable bonds is 5.